The van der Waals surface area contributed by atoms with Crippen LogP contribution in [0.3, 0.4) is 0 Å². The van der Waals surface area contributed by atoms with Gasteiger partial charge in [-0.3, -0.25) is 0 Å². The van der Waals surface area contributed by atoms with Crippen molar-refractivity contribution in [1.82, 2.24) is 0 Å². The van der Waals surface area contributed by atoms with E-state index in [1.807, 2.05) is 36.4 Å². The van der Waals surface area contributed by atoms with Gasteiger partial charge in [0.25, 0.3) is 0 Å². The van der Waals surface area contributed by atoms with Gasteiger partial charge in [0.15, 0.2) is 0 Å². The second kappa shape index (κ2) is 7.70. The number of halogens is 4. The number of alkyl halides is 1. The zero-order valence-electron chi connectivity index (χ0n) is 10.8. The van der Waals surface area contributed by atoms with E-state index >= 15 is 0 Å². The highest BCUT2D eigenvalue weighted by molar-refractivity contribution is 9.09. The third-order valence-corrected chi connectivity index (χ3v) is 5.23. The lowest BCUT2D eigenvalue weighted by atomic mass is 9.94. The second-order valence-corrected chi connectivity index (χ2v) is 6.59. The van der Waals surface area contributed by atoms with Crippen molar-refractivity contribution in [1.29, 1.82) is 0 Å². The van der Waals surface area contributed by atoms with Crippen molar-refractivity contribution in [3.05, 3.63) is 68.7 Å². The summed E-state index contributed by atoms with van der Waals surface area (Å²) in [5, 5.41) is 3.13. The molecule has 20 heavy (non-hydrogen) atoms. The maximum absolute atomic E-state index is 6.24. The molecule has 0 saturated carbocycles. The summed E-state index contributed by atoms with van der Waals surface area (Å²) in [6.45, 7) is 0. The van der Waals surface area contributed by atoms with Gasteiger partial charge in [-0.2, -0.15) is 0 Å². The summed E-state index contributed by atoms with van der Waals surface area (Å²) in [4.78, 5) is 0. The molecule has 0 heterocycles. The highest BCUT2D eigenvalue weighted by Crippen LogP contribution is 2.29. The molecular weight excluding hydrogens is 378 g/mol. The van der Waals surface area contributed by atoms with Gasteiger partial charge in [0.1, 0.15) is 0 Å². The first-order chi connectivity index (χ1) is 9.61. The molecule has 0 aliphatic carbocycles. The van der Waals surface area contributed by atoms with Gasteiger partial charge in [0.05, 0.1) is 0 Å². The van der Waals surface area contributed by atoms with Gasteiger partial charge in [-0.05, 0) is 48.1 Å². The number of benzene rings is 2. The Balaban J connectivity index is 2.16. The summed E-state index contributed by atoms with van der Waals surface area (Å²) in [7, 11) is 0. The van der Waals surface area contributed by atoms with Crippen LogP contribution in [0.1, 0.15) is 11.1 Å². The van der Waals surface area contributed by atoms with Crippen LogP contribution in [-0.2, 0) is 12.8 Å². The molecule has 0 aromatic heterocycles. The van der Waals surface area contributed by atoms with E-state index in [9.17, 15) is 0 Å². The molecule has 0 N–H and O–H groups in total. The van der Waals surface area contributed by atoms with E-state index in [1.54, 1.807) is 0 Å². The fourth-order valence-electron chi connectivity index (χ4n) is 2.17. The Morgan fingerprint density at radius 3 is 2.00 bits per heavy atom. The summed E-state index contributed by atoms with van der Waals surface area (Å²) in [6, 6.07) is 13.6. The van der Waals surface area contributed by atoms with Crippen LogP contribution in [0, 0.1) is 5.92 Å². The minimum Gasteiger partial charge on any atom is -0.0925 e. The molecule has 106 valence electrons. The van der Waals surface area contributed by atoms with E-state index < -0.39 is 0 Å². The van der Waals surface area contributed by atoms with Gasteiger partial charge < -0.3 is 0 Å². The van der Waals surface area contributed by atoms with Crippen molar-refractivity contribution in [2.24, 2.45) is 5.92 Å². The third kappa shape index (κ3) is 4.14. The zero-order chi connectivity index (χ0) is 14.5. The predicted molar refractivity (Wildman–Crippen MR) is 92.6 cm³/mol. The Kier molecular flexibility index (Phi) is 6.22. The molecule has 0 amide bonds. The highest BCUT2D eigenvalue weighted by Gasteiger charge is 2.15. The smallest absolute Gasteiger partial charge is 0.0452 e. The molecule has 0 spiro atoms. The van der Waals surface area contributed by atoms with Gasteiger partial charge in [-0.15, -0.1) is 0 Å². The zero-order valence-corrected chi connectivity index (χ0v) is 14.6. The first-order valence-corrected chi connectivity index (χ1v) is 8.59. The molecule has 2 aromatic carbocycles. The van der Waals surface area contributed by atoms with Crippen LogP contribution < -0.4 is 0 Å². The van der Waals surface area contributed by atoms with Crippen LogP contribution in [0.5, 0.6) is 0 Å². The first kappa shape index (κ1) is 16.2. The molecule has 0 nitrogen and oxygen atoms in total. The van der Waals surface area contributed by atoms with Crippen LogP contribution >= 0.6 is 50.7 Å². The van der Waals surface area contributed by atoms with Crippen molar-refractivity contribution in [3.8, 4) is 0 Å². The summed E-state index contributed by atoms with van der Waals surface area (Å²) >= 11 is 22.3. The normalized spacial score (nSPS) is 12.4. The van der Waals surface area contributed by atoms with Crippen LogP contribution in [-0.4, -0.2) is 5.33 Å². The Labute approximate surface area is 143 Å². The maximum atomic E-state index is 6.24. The van der Waals surface area contributed by atoms with E-state index in [0.717, 1.165) is 44.4 Å². The highest BCUT2D eigenvalue weighted by atomic mass is 79.9. The Hall–Kier alpha value is -0.210. The molecule has 0 saturated heterocycles. The minimum absolute atomic E-state index is 0.396. The lowest BCUT2D eigenvalue weighted by Gasteiger charge is -2.17. The van der Waals surface area contributed by atoms with Crippen molar-refractivity contribution >= 4 is 50.7 Å². The number of rotatable bonds is 5. The van der Waals surface area contributed by atoms with Crippen LogP contribution in [0.4, 0.5) is 0 Å². The molecule has 1 atom stereocenters. The second-order valence-electron chi connectivity index (χ2n) is 4.72. The summed E-state index contributed by atoms with van der Waals surface area (Å²) in [6.07, 6.45) is 1.72. The largest absolute Gasteiger partial charge is 0.0925 e. The number of hydrogen-bond donors (Lipinski definition) is 0. The van der Waals surface area contributed by atoms with E-state index in [4.69, 9.17) is 34.8 Å². The van der Waals surface area contributed by atoms with Gasteiger partial charge in [-0.1, -0.05) is 75.0 Å². The summed E-state index contributed by atoms with van der Waals surface area (Å²) < 4.78 is 0. The molecule has 4 heteroatoms. The maximum Gasteiger partial charge on any atom is 0.0452 e. The Morgan fingerprint density at radius 1 is 0.800 bits per heavy atom. The molecule has 0 fully saturated rings. The first-order valence-electron chi connectivity index (χ1n) is 6.34. The molecular formula is C16H14BrCl3. The molecule has 0 bridgehead atoms. The van der Waals surface area contributed by atoms with Crippen LogP contribution in [0.15, 0.2) is 42.5 Å². The topological polar surface area (TPSA) is 0 Å². The van der Waals surface area contributed by atoms with Crippen molar-refractivity contribution < 1.29 is 0 Å². The van der Waals surface area contributed by atoms with Crippen molar-refractivity contribution in [3.63, 3.8) is 0 Å². The van der Waals surface area contributed by atoms with Crippen LogP contribution in [0.25, 0.3) is 0 Å². The molecule has 0 aliphatic heterocycles. The monoisotopic (exact) mass is 390 g/mol. The molecule has 2 rings (SSSR count). The fourth-order valence-corrected chi connectivity index (χ4v) is 3.39. The van der Waals surface area contributed by atoms with Crippen molar-refractivity contribution in [2.75, 3.05) is 5.33 Å². The van der Waals surface area contributed by atoms with Crippen molar-refractivity contribution in [2.45, 2.75) is 12.8 Å². The fraction of sp³-hybridized carbons (Fsp3) is 0.250. The molecule has 0 radical (unpaired) electrons. The quantitative estimate of drug-likeness (QED) is 0.513. The molecule has 1 unspecified atom stereocenters. The van der Waals surface area contributed by atoms with E-state index in [2.05, 4.69) is 22.0 Å². The molecule has 0 aliphatic rings. The van der Waals surface area contributed by atoms with Gasteiger partial charge in [0.2, 0.25) is 0 Å². The van der Waals surface area contributed by atoms with E-state index in [0.29, 0.717) is 5.92 Å². The Bertz CT molecular complexity index is 563. The number of hydrogen-bond acceptors (Lipinski definition) is 0. The summed E-state index contributed by atoms with van der Waals surface area (Å²) in [5.41, 5.74) is 2.16. The van der Waals surface area contributed by atoms with Gasteiger partial charge in [0, 0.05) is 20.4 Å². The van der Waals surface area contributed by atoms with Crippen LogP contribution in [0.2, 0.25) is 15.1 Å². The molecule has 2 aromatic rings. The van der Waals surface area contributed by atoms with E-state index in [1.165, 1.54) is 0 Å². The van der Waals surface area contributed by atoms with Gasteiger partial charge in [-0.25, -0.2) is 0 Å². The van der Waals surface area contributed by atoms with E-state index in [-0.39, 0.29) is 0 Å². The third-order valence-electron chi connectivity index (χ3n) is 3.24. The average molecular weight is 393 g/mol. The summed E-state index contributed by atoms with van der Waals surface area (Å²) in [5.74, 6) is 0.396. The SMILES string of the molecule is Clc1ccccc1CC(CBr)Cc1c(Cl)cccc1Cl. The van der Waals surface area contributed by atoms with Gasteiger partial charge >= 0.3 is 0 Å². The minimum atomic E-state index is 0.396. The lowest BCUT2D eigenvalue weighted by Crippen LogP contribution is -2.11. The Morgan fingerprint density at radius 2 is 1.40 bits per heavy atom. The standard InChI is InChI=1S/C16H14BrCl3/c17-10-11(8-12-4-1-2-5-14(12)18)9-13-15(19)6-3-7-16(13)20/h1-7,11H,8-10H2. The lowest BCUT2D eigenvalue weighted by molar-refractivity contribution is 0.591. The average Bonchev–Trinajstić information content (AvgIpc) is 2.44. The predicted octanol–water partition coefficient (Wildman–Crippen LogP) is 6.44.